The molecule has 2 rings (SSSR count). The van der Waals surface area contributed by atoms with Crippen LogP contribution in [0.5, 0.6) is 0 Å². The Balaban J connectivity index is 2.15. The third-order valence-electron chi connectivity index (χ3n) is 3.00. The van der Waals surface area contributed by atoms with Crippen LogP contribution in [0.25, 0.3) is 0 Å². The van der Waals surface area contributed by atoms with E-state index in [1.54, 1.807) is 6.07 Å². The van der Waals surface area contributed by atoms with Gasteiger partial charge in [-0.2, -0.15) is 0 Å². The third kappa shape index (κ3) is 5.23. The largest absolute Gasteiger partial charge is 0.306 e. The number of nitrogens with zero attached hydrogens (tertiary/aromatic N) is 2. The van der Waals surface area contributed by atoms with Crippen molar-refractivity contribution in [1.82, 2.24) is 15.3 Å². The average molecular weight is 287 g/mol. The van der Waals surface area contributed by atoms with Crippen LogP contribution in [0, 0.1) is 12.7 Å². The first-order valence-electron chi connectivity index (χ1n) is 7.15. The van der Waals surface area contributed by atoms with Gasteiger partial charge in [-0.1, -0.05) is 12.1 Å². The number of nitrogens with one attached hydrogen (secondary N) is 1. The van der Waals surface area contributed by atoms with Crippen molar-refractivity contribution in [1.29, 1.82) is 0 Å². The second-order valence-corrected chi connectivity index (χ2v) is 6.33. The van der Waals surface area contributed by atoms with E-state index in [4.69, 9.17) is 0 Å². The Labute approximate surface area is 125 Å². The number of halogens is 1. The van der Waals surface area contributed by atoms with Crippen molar-refractivity contribution < 1.29 is 4.39 Å². The van der Waals surface area contributed by atoms with E-state index in [2.05, 4.69) is 36.1 Å². The predicted octanol–water partition coefficient (Wildman–Crippen LogP) is 3.40. The van der Waals surface area contributed by atoms with E-state index < -0.39 is 0 Å². The average Bonchev–Trinajstić information content (AvgIpc) is 2.35. The lowest BCUT2D eigenvalue weighted by Gasteiger charge is -2.20. The maximum Gasteiger partial charge on any atom is 0.133 e. The molecule has 0 spiro atoms. The van der Waals surface area contributed by atoms with Gasteiger partial charge in [0.25, 0.3) is 0 Å². The first kappa shape index (κ1) is 15.6. The Morgan fingerprint density at radius 3 is 2.57 bits per heavy atom. The molecule has 0 radical (unpaired) electrons. The molecule has 1 aromatic carbocycles. The van der Waals surface area contributed by atoms with Gasteiger partial charge in [-0.3, -0.25) is 0 Å². The molecule has 0 aliphatic heterocycles. The normalized spacial score (nSPS) is 11.7. The summed E-state index contributed by atoms with van der Waals surface area (Å²) in [4.78, 5) is 9.01. The lowest BCUT2D eigenvalue weighted by molar-refractivity contribution is 0.420. The highest BCUT2D eigenvalue weighted by atomic mass is 19.1. The van der Waals surface area contributed by atoms with Crippen molar-refractivity contribution in [2.24, 2.45) is 0 Å². The molecule has 0 aliphatic rings. The van der Waals surface area contributed by atoms with E-state index in [-0.39, 0.29) is 11.4 Å². The van der Waals surface area contributed by atoms with Crippen molar-refractivity contribution in [3.63, 3.8) is 0 Å². The van der Waals surface area contributed by atoms with Crippen LogP contribution in [0.1, 0.15) is 43.5 Å². The number of aromatic nitrogens is 2. The number of hydrogen-bond acceptors (Lipinski definition) is 3. The zero-order valence-electron chi connectivity index (χ0n) is 13.1. The van der Waals surface area contributed by atoms with Crippen molar-refractivity contribution in [2.45, 2.75) is 46.2 Å². The molecular weight excluding hydrogens is 265 g/mol. The summed E-state index contributed by atoms with van der Waals surface area (Å²) in [6.07, 6.45) is 0.544. The Morgan fingerprint density at radius 1 is 1.14 bits per heavy atom. The molecule has 4 heteroatoms. The number of benzene rings is 1. The second kappa shape index (κ2) is 6.31. The highest BCUT2D eigenvalue weighted by Gasteiger charge is 2.10. The maximum atomic E-state index is 13.2. The van der Waals surface area contributed by atoms with Crippen LogP contribution in [0.4, 0.5) is 4.39 Å². The Kier molecular flexibility index (Phi) is 4.68. The summed E-state index contributed by atoms with van der Waals surface area (Å²) < 4.78 is 13.2. The Morgan fingerprint density at radius 2 is 1.90 bits per heavy atom. The summed E-state index contributed by atoms with van der Waals surface area (Å²) in [6, 6.07) is 8.55. The monoisotopic (exact) mass is 287 g/mol. The van der Waals surface area contributed by atoms with E-state index >= 15 is 0 Å². The van der Waals surface area contributed by atoms with E-state index in [9.17, 15) is 4.39 Å². The minimum atomic E-state index is -0.227. The van der Waals surface area contributed by atoms with Gasteiger partial charge in [0.15, 0.2) is 0 Å². The predicted molar refractivity (Wildman–Crippen MR) is 82.6 cm³/mol. The molecule has 112 valence electrons. The minimum Gasteiger partial charge on any atom is -0.306 e. The van der Waals surface area contributed by atoms with Gasteiger partial charge in [0, 0.05) is 24.2 Å². The molecule has 0 fully saturated rings. The highest BCUT2D eigenvalue weighted by molar-refractivity contribution is 5.21. The maximum absolute atomic E-state index is 13.2. The fourth-order valence-corrected chi connectivity index (χ4v) is 2.05. The molecule has 0 unspecified atom stereocenters. The van der Waals surface area contributed by atoms with Crippen LogP contribution in [0.3, 0.4) is 0 Å². The quantitative estimate of drug-likeness (QED) is 0.936. The molecule has 1 aromatic heterocycles. The summed E-state index contributed by atoms with van der Waals surface area (Å²) in [5.41, 5.74) is 2.82. The van der Waals surface area contributed by atoms with Gasteiger partial charge in [0.2, 0.25) is 0 Å². The van der Waals surface area contributed by atoms with Crippen LogP contribution < -0.4 is 5.32 Å². The number of aryl methyl sites for hydroxylation is 1. The number of hydrogen-bond donors (Lipinski definition) is 1. The fourth-order valence-electron chi connectivity index (χ4n) is 2.05. The molecule has 0 saturated carbocycles. The van der Waals surface area contributed by atoms with Gasteiger partial charge >= 0.3 is 0 Å². The summed E-state index contributed by atoms with van der Waals surface area (Å²) in [5.74, 6) is 0.501. The van der Waals surface area contributed by atoms with Gasteiger partial charge < -0.3 is 5.32 Å². The molecule has 21 heavy (non-hydrogen) atoms. The molecule has 0 amide bonds. The molecule has 3 nitrogen and oxygen atoms in total. The van der Waals surface area contributed by atoms with Crippen LogP contribution in [-0.2, 0) is 13.0 Å². The van der Waals surface area contributed by atoms with Crippen molar-refractivity contribution in [3.8, 4) is 0 Å². The molecule has 0 aliphatic carbocycles. The first-order valence-corrected chi connectivity index (χ1v) is 7.15. The molecule has 2 aromatic rings. The van der Waals surface area contributed by atoms with E-state index in [1.165, 1.54) is 12.1 Å². The lowest BCUT2D eigenvalue weighted by Crippen LogP contribution is -2.35. The van der Waals surface area contributed by atoms with E-state index in [1.807, 2.05) is 19.1 Å². The van der Waals surface area contributed by atoms with Crippen LogP contribution in [0.2, 0.25) is 0 Å². The summed E-state index contributed by atoms with van der Waals surface area (Å²) in [7, 11) is 0. The highest BCUT2D eigenvalue weighted by Crippen LogP contribution is 2.10. The van der Waals surface area contributed by atoms with Gasteiger partial charge in [-0.15, -0.1) is 0 Å². The SMILES string of the molecule is Cc1cc(CNC(C)(C)C)nc(Cc2cccc(F)c2)n1. The molecular formula is C17H22FN3. The molecule has 1 heterocycles. The zero-order chi connectivity index (χ0) is 15.5. The standard InChI is InChI=1S/C17H22FN3/c1-12-8-15(11-19-17(2,3)4)21-16(20-12)10-13-6-5-7-14(18)9-13/h5-9,19H,10-11H2,1-4H3. The summed E-state index contributed by atoms with van der Waals surface area (Å²) in [5, 5.41) is 3.42. The lowest BCUT2D eigenvalue weighted by atomic mass is 10.1. The van der Waals surface area contributed by atoms with Gasteiger partial charge in [-0.25, -0.2) is 14.4 Å². The van der Waals surface area contributed by atoms with Crippen LogP contribution in [-0.4, -0.2) is 15.5 Å². The molecule has 0 atom stereocenters. The van der Waals surface area contributed by atoms with E-state index in [0.717, 1.165) is 22.8 Å². The van der Waals surface area contributed by atoms with Crippen molar-refractivity contribution in [3.05, 3.63) is 58.9 Å². The third-order valence-corrected chi connectivity index (χ3v) is 3.00. The van der Waals surface area contributed by atoms with Crippen molar-refractivity contribution >= 4 is 0 Å². The Bertz CT molecular complexity index is 618. The first-order chi connectivity index (χ1) is 9.82. The van der Waals surface area contributed by atoms with E-state index in [0.29, 0.717) is 13.0 Å². The van der Waals surface area contributed by atoms with Crippen LogP contribution >= 0.6 is 0 Å². The molecule has 0 saturated heterocycles. The minimum absolute atomic E-state index is 0.0432. The van der Waals surface area contributed by atoms with Crippen molar-refractivity contribution in [2.75, 3.05) is 0 Å². The van der Waals surface area contributed by atoms with Gasteiger partial charge in [0.05, 0.1) is 5.69 Å². The van der Waals surface area contributed by atoms with Gasteiger partial charge in [-0.05, 0) is 51.5 Å². The fraction of sp³-hybridized carbons (Fsp3) is 0.412. The van der Waals surface area contributed by atoms with Gasteiger partial charge in [0.1, 0.15) is 11.6 Å². The number of rotatable bonds is 4. The topological polar surface area (TPSA) is 37.8 Å². The zero-order valence-corrected chi connectivity index (χ0v) is 13.1. The summed E-state index contributed by atoms with van der Waals surface area (Å²) >= 11 is 0. The second-order valence-electron chi connectivity index (χ2n) is 6.33. The summed E-state index contributed by atoms with van der Waals surface area (Å²) in [6.45, 7) is 9.01. The molecule has 0 bridgehead atoms. The van der Waals surface area contributed by atoms with Crippen LogP contribution in [0.15, 0.2) is 30.3 Å². The molecule has 1 N–H and O–H groups in total. The smallest absolute Gasteiger partial charge is 0.133 e. The Hall–Kier alpha value is -1.81.